The lowest BCUT2D eigenvalue weighted by molar-refractivity contribution is -0.178. The fourth-order valence-corrected chi connectivity index (χ4v) is 1.54. The van der Waals surface area contributed by atoms with Gasteiger partial charge >= 0.3 is 5.97 Å². The summed E-state index contributed by atoms with van der Waals surface area (Å²) in [6.07, 6.45) is 8.54. The van der Waals surface area contributed by atoms with E-state index in [1.54, 1.807) is 0 Å². The first-order valence-electron chi connectivity index (χ1n) is 5.56. The van der Waals surface area contributed by atoms with Crippen LogP contribution in [0.25, 0.3) is 0 Å². The minimum absolute atomic E-state index is 0.215. The molecule has 2 atom stereocenters. The van der Waals surface area contributed by atoms with Crippen LogP contribution in [0.15, 0.2) is 0 Å². The van der Waals surface area contributed by atoms with E-state index in [4.69, 9.17) is 15.9 Å². The monoisotopic (exact) mass is 226 g/mol. The molecule has 1 rings (SSSR count). The van der Waals surface area contributed by atoms with E-state index in [1.165, 1.54) is 7.11 Å². The minimum atomic E-state index is -0.373. The quantitative estimate of drug-likeness (QED) is 0.526. The van der Waals surface area contributed by atoms with Gasteiger partial charge in [0.15, 0.2) is 6.29 Å². The van der Waals surface area contributed by atoms with E-state index in [0.29, 0.717) is 6.42 Å². The van der Waals surface area contributed by atoms with Gasteiger partial charge < -0.3 is 14.2 Å². The molecule has 1 heterocycles. The maximum atomic E-state index is 10.9. The van der Waals surface area contributed by atoms with Crippen LogP contribution in [-0.4, -0.2) is 32.1 Å². The van der Waals surface area contributed by atoms with Crippen LogP contribution in [0.2, 0.25) is 0 Å². The normalized spacial score (nSPS) is 22.1. The molecule has 0 radical (unpaired) electrons. The second kappa shape index (κ2) is 7.26. The Labute approximate surface area is 96.2 Å². The molecule has 1 aliphatic heterocycles. The first-order valence-corrected chi connectivity index (χ1v) is 5.56. The summed E-state index contributed by atoms with van der Waals surface area (Å²) in [7, 11) is 1.36. The number of terminal acetylenes is 1. The molecule has 90 valence electrons. The Hall–Kier alpha value is -1.05. The third-order valence-corrected chi connectivity index (χ3v) is 2.48. The van der Waals surface area contributed by atoms with Gasteiger partial charge in [0.1, 0.15) is 6.10 Å². The third-order valence-electron chi connectivity index (χ3n) is 2.48. The first kappa shape index (κ1) is 13.0. The van der Waals surface area contributed by atoms with E-state index in [2.05, 4.69) is 10.7 Å². The van der Waals surface area contributed by atoms with E-state index in [0.717, 1.165) is 25.9 Å². The van der Waals surface area contributed by atoms with Crippen LogP contribution in [0, 0.1) is 12.3 Å². The highest BCUT2D eigenvalue weighted by molar-refractivity contribution is 5.69. The molecule has 4 heteroatoms. The molecular formula is C12H18O4. The van der Waals surface area contributed by atoms with Crippen molar-refractivity contribution < 1.29 is 19.0 Å². The van der Waals surface area contributed by atoms with E-state index in [1.807, 2.05) is 0 Å². The minimum Gasteiger partial charge on any atom is -0.469 e. The Bertz CT molecular complexity index is 250. The predicted octanol–water partition coefficient (Wildman–Crippen LogP) is 1.48. The number of methoxy groups -OCH3 is 1. The zero-order valence-electron chi connectivity index (χ0n) is 9.61. The average Bonchev–Trinajstić information content (AvgIpc) is 2.35. The van der Waals surface area contributed by atoms with Crippen molar-refractivity contribution >= 4 is 5.97 Å². The summed E-state index contributed by atoms with van der Waals surface area (Å²) in [5.41, 5.74) is 0. The van der Waals surface area contributed by atoms with Crippen molar-refractivity contribution in [2.45, 2.75) is 44.5 Å². The van der Waals surface area contributed by atoms with Crippen LogP contribution in [-0.2, 0) is 19.0 Å². The van der Waals surface area contributed by atoms with Gasteiger partial charge in [0, 0.05) is 13.0 Å². The number of carbonyl (C=O) groups excluding carboxylic acids is 1. The number of esters is 1. The van der Waals surface area contributed by atoms with Crippen molar-refractivity contribution in [1.29, 1.82) is 0 Å². The first-order chi connectivity index (χ1) is 7.76. The molecule has 0 amide bonds. The van der Waals surface area contributed by atoms with Crippen LogP contribution in [0.4, 0.5) is 0 Å². The van der Waals surface area contributed by atoms with E-state index < -0.39 is 0 Å². The molecule has 16 heavy (non-hydrogen) atoms. The second-order valence-corrected chi connectivity index (χ2v) is 3.70. The van der Waals surface area contributed by atoms with Gasteiger partial charge in [0.2, 0.25) is 0 Å². The number of carbonyl (C=O) groups is 1. The largest absolute Gasteiger partial charge is 0.469 e. The topological polar surface area (TPSA) is 44.8 Å². The predicted molar refractivity (Wildman–Crippen MR) is 58.5 cm³/mol. The van der Waals surface area contributed by atoms with Gasteiger partial charge in [0.25, 0.3) is 0 Å². The molecule has 0 aromatic heterocycles. The lowest BCUT2D eigenvalue weighted by Crippen LogP contribution is -2.27. The maximum absolute atomic E-state index is 10.9. The van der Waals surface area contributed by atoms with Crippen LogP contribution < -0.4 is 0 Å². The standard InChI is InChI=1S/C12H18O4/c1-3-10(7-8-11(13)14-2)16-12-6-4-5-9-15-12/h1,10,12H,4-9H2,2H3. The molecular weight excluding hydrogens is 208 g/mol. The molecule has 0 spiro atoms. The highest BCUT2D eigenvalue weighted by Crippen LogP contribution is 2.16. The summed E-state index contributed by atoms with van der Waals surface area (Å²) in [4.78, 5) is 10.9. The number of hydrogen-bond acceptors (Lipinski definition) is 4. The second-order valence-electron chi connectivity index (χ2n) is 3.70. The molecule has 0 aromatic rings. The lowest BCUT2D eigenvalue weighted by atomic mass is 10.2. The Balaban J connectivity index is 2.25. The third kappa shape index (κ3) is 4.65. The molecule has 2 unspecified atom stereocenters. The molecule has 1 saturated heterocycles. The molecule has 4 nitrogen and oxygen atoms in total. The summed E-state index contributed by atoms with van der Waals surface area (Å²) < 4.78 is 15.5. The lowest BCUT2D eigenvalue weighted by Gasteiger charge is -2.25. The number of rotatable bonds is 5. The van der Waals surface area contributed by atoms with Crippen LogP contribution >= 0.6 is 0 Å². The Morgan fingerprint density at radius 1 is 1.62 bits per heavy atom. The highest BCUT2D eigenvalue weighted by atomic mass is 16.7. The van der Waals surface area contributed by atoms with Gasteiger partial charge in [-0.1, -0.05) is 5.92 Å². The molecule has 0 saturated carbocycles. The molecule has 0 bridgehead atoms. The van der Waals surface area contributed by atoms with E-state index >= 15 is 0 Å². The van der Waals surface area contributed by atoms with E-state index in [-0.39, 0.29) is 24.8 Å². The van der Waals surface area contributed by atoms with Gasteiger partial charge in [-0.3, -0.25) is 4.79 Å². The maximum Gasteiger partial charge on any atom is 0.305 e. The van der Waals surface area contributed by atoms with Crippen LogP contribution in [0.3, 0.4) is 0 Å². The van der Waals surface area contributed by atoms with Crippen molar-refractivity contribution in [1.82, 2.24) is 0 Å². The van der Waals surface area contributed by atoms with Crippen molar-refractivity contribution in [3.8, 4) is 12.3 Å². The van der Waals surface area contributed by atoms with Gasteiger partial charge in [-0.05, 0) is 25.7 Å². The summed E-state index contributed by atoms with van der Waals surface area (Å²) in [5.74, 6) is 2.25. The SMILES string of the molecule is C#CC(CCC(=O)OC)OC1CCCCO1. The highest BCUT2D eigenvalue weighted by Gasteiger charge is 2.19. The van der Waals surface area contributed by atoms with Crippen molar-refractivity contribution in [2.75, 3.05) is 13.7 Å². The van der Waals surface area contributed by atoms with Crippen molar-refractivity contribution in [3.05, 3.63) is 0 Å². The summed E-state index contributed by atoms with van der Waals surface area (Å²) in [6, 6.07) is 0. The summed E-state index contributed by atoms with van der Waals surface area (Å²) in [5, 5.41) is 0. The summed E-state index contributed by atoms with van der Waals surface area (Å²) >= 11 is 0. The number of hydrogen-bond donors (Lipinski definition) is 0. The zero-order chi connectivity index (χ0) is 11.8. The fraction of sp³-hybridized carbons (Fsp3) is 0.750. The van der Waals surface area contributed by atoms with Gasteiger partial charge in [-0.25, -0.2) is 0 Å². The van der Waals surface area contributed by atoms with Gasteiger partial charge in [0.05, 0.1) is 7.11 Å². The van der Waals surface area contributed by atoms with Crippen molar-refractivity contribution in [2.24, 2.45) is 0 Å². The average molecular weight is 226 g/mol. The Morgan fingerprint density at radius 3 is 3.00 bits per heavy atom. The van der Waals surface area contributed by atoms with Crippen LogP contribution in [0.5, 0.6) is 0 Å². The fourth-order valence-electron chi connectivity index (χ4n) is 1.54. The zero-order valence-corrected chi connectivity index (χ0v) is 9.61. The van der Waals surface area contributed by atoms with Crippen LogP contribution in [0.1, 0.15) is 32.1 Å². The number of ether oxygens (including phenoxy) is 3. The molecule has 1 fully saturated rings. The Morgan fingerprint density at radius 2 is 2.44 bits per heavy atom. The molecule has 0 N–H and O–H groups in total. The Kier molecular flexibility index (Phi) is 5.91. The smallest absolute Gasteiger partial charge is 0.305 e. The van der Waals surface area contributed by atoms with Crippen molar-refractivity contribution in [3.63, 3.8) is 0 Å². The van der Waals surface area contributed by atoms with Gasteiger partial charge in [-0.2, -0.15) is 0 Å². The molecule has 1 aliphatic rings. The van der Waals surface area contributed by atoms with Gasteiger partial charge in [-0.15, -0.1) is 6.42 Å². The molecule has 0 aliphatic carbocycles. The summed E-state index contributed by atoms with van der Waals surface area (Å²) in [6.45, 7) is 0.721. The molecule has 0 aromatic carbocycles. The van der Waals surface area contributed by atoms with E-state index in [9.17, 15) is 4.79 Å².